The van der Waals surface area contributed by atoms with Crippen molar-refractivity contribution in [2.45, 2.75) is 38.6 Å². The minimum atomic E-state index is -4.40. The highest BCUT2D eigenvalue weighted by atomic mass is 19.4. The Balaban J connectivity index is 1.54. The Hall–Kier alpha value is -4.53. The van der Waals surface area contributed by atoms with Gasteiger partial charge in [0, 0.05) is 30.4 Å². The third kappa shape index (κ3) is 7.57. The number of hydrogen-bond acceptors (Lipinski definition) is 5. The number of para-hydroxylation sites is 1. The second-order valence-electron chi connectivity index (χ2n) is 10.0. The van der Waals surface area contributed by atoms with Gasteiger partial charge >= 0.3 is 12.1 Å². The number of pyridine rings is 1. The number of aliphatic carboxylic acids is 1. The van der Waals surface area contributed by atoms with Gasteiger partial charge in [-0.15, -0.1) is 0 Å². The summed E-state index contributed by atoms with van der Waals surface area (Å²) in [5, 5.41) is 9.30. The minimum absolute atomic E-state index is 0.354. The Morgan fingerprint density at radius 1 is 0.902 bits per heavy atom. The van der Waals surface area contributed by atoms with Crippen LogP contribution in [0.15, 0.2) is 91.1 Å². The highest BCUT2D eigenvalue weighted by Gasteiger charge is 2.30. The van der Waals surface area contributed by atoms with Gasteiger partial charge in [-0.1, -0.05) is 42.5 Å². The van der Waals surface area contributed by atoms with Gasteiger partial charge in [-0.05, 0) is 73.9 Å². The van der Waals surface area contributed by atoms with Crippen LogP contribution >= 0.6 is 0 Å². The molecule has 0 aliphatic heterocycles. The van der Waals surface area contributed by atoms with Crippen LogP contribution in [0.1, 0.15) is 30.5 Å². The fraction of sp³-hybridized carbons (Fsp3) is 0.250. The molecule has 4 aromatic rings. The number of methoxy groups -OCH3 is 1. The average molecular weight is 565 g/mol. The first-order chi connectivity index (χ1) is 19.5. The fourth-order valence-corrected chi connectivity index (χ4v) is 4.24. The van der Waals surface area contributed by atoms with Gasteiger partial charge in [0.2, 0.25) is 0 Å². The second kappa shape index (κ2) is 12.3. The van der Waals surface area contributed by atoms with E-state index in [-0.39, 0.29) is 0 Å². The van der Waals surface area contributed by atoms with Crippen LogP contribution in [-0.4, -0.2) is 35.3 Å². The minimum Gasteiger partial charge on any atom is -0.496 e. The monoisotopic (exact) mass is 564 g/mol. The molecule has 0 saturated carbocycles. The Morgan fingerprint density at radius 2 is 1.56 bits per heavy atom. The molecule has 41 heavy (non-hydrogen) atoms. The number of halogens is 3. The van der Waals surface area contributed by atoms with Crippen molar-refractivity contribution in [2.75, 3.05) is 18.6 Å². The van der Waals surface area contributed by atoms with E-state index in [2.05, 4.69) is 4.98 Å². The summed E-state index contributed by atoms with van der Waals surface area (Å²) in [4.78, 5) is 18.0. The Kier molecular flexibility index (Phi) is 8.86. The van der Waals surface area contributed by atoms with E-state index in [1.165, 1.54) is 26.0 Å². The summed E-state index contributed by atoms with van der Waals surface area (Å²) in [6.45, 7) is 3.85. The zero-order chi connectivity index (χ0) is 29.6. The van der Waals surface area contributed by atoms with Crippen LogP contribution in [-0.2, 0) is 23.9 Å². The molecule has 4 rings (SSSR count). The molecular formula is C32H31F3N2O4. The van der Waals surface area contributed by atoms with Crippen LogP contribution < -0.4 is 14.4 Å². The van der Waals surface area contributed by atoms with Crippen molar-refractivity contribution in [3.63, 3.8) is 0 Å². The molecule has 3 aromatic carbocycles. The summed E-state index contributed by atoms with van der Waals surface area (Å²) in [5.74, 6) is 0.774. The second-order valence-corrected chi connectivity index (χ2v) is 10.0. The maximum absolute atomic E-state index is 13.1. The Labute approximate surface area is 237 Å². The summed E-state index contributed by atoms with van der Waals surface area (Å²) < 4.78 is 50.3. The third-order valence-corrected chi connectivity index (χ3v) is 6.63. The number of carboxylic acid groups (broad SMARTS) is 1. The van der Waals surface area contributed by atoms with E-state index in [1.54, 1.807) is 25.4 Å². The van der Waals surface area contributed by atoms with Crippen LogP contribution in [0.3, 0.4) is 0 Å². The van der Waals surface area contributed by atoms with E-state index in [0.29, 0.717) is 36.6 Å². The highest BCUT2D eigenvalue weighted by Crippen LogP contribution is 2.31. The summed E-state index contributed by atoms with van der Waals surface area (Å²) in [5.41, 5.74) is 1.42. The molecule has 0 atom stereocenters. The largest absolute Gasteiger partial charge is 0.496 e. The van der Waals surface area contributed by atoms with Crippen LogP contribution in [0.4, 0.5) is 19.0 Å². The van der Waals surface area contributed by atoms with Crippen molar-refractivity contribution in [3.05, 3.63) is 108 Å². The van der Waals surface area contributed by atoms with E-state index in [0.717, 1.165) is 34.6 Å². The molecule has 9 heteroatoms. The predicted octanol–water partition coefficient (Wildman–Crippen LogP) is 7.27. The number of nitrogens with zero attached hydrogens (tertiary/aromatic N) is 2. The van der Waals surface area contributed by atoms with Gasteiger partial charge in [0.05, 0.1) is 12.7 Å². The van der Waals surface area contributed by atoms with E-state index in [9.17, 15) is 23.1 Å². The van der Waals surface area contributed by atoms with Gasteiger partial charge in [-0.25, -0.2) is 9.78 Å². The summed E-state index contributed by atoms with van der Waals surface area (Å²) in [7, 11) is 1.61. The maximum Gasteiger partial charge on any atom is 0.416 e. The van der Waals surface area contributed by atoms with Crippen LogP contribution in [0.2, 0.25) is 0 Å². The lowest BCUT2D eigenvalue weighted by molar-refractivity contribution is -0.152. The van der Waals surface area contributed by atoms with Crippen molar-refractivity contribution >= 4 is 11.8 Å². The fourth-order valence-electron chi connectivity index (χ4n) is 4.24. The van der Waals surface area contributed by atoms with E-state index < -0.39 is 23.3 Å². The molecule has 1 heterocycles. The zero-order valence-electron chi connectivity index (χ0n) is 23.0. The zero-order valence-corrected chi connectivity index (χ0v) is 23.0. The molecule has 0 spiro atoms. The van der Waals surface area contributed by atoms with Gasteiger partial charge in [0.15, 0.2) is 5.60 Å². The van der Waals surface area contributed by atoms with Crippen molar-refractivity contribution in [1.29, 1.82) is 0 Å². The standard InChI is InChI=1S/C32H31F3N2O4/c1-31(2,30(38)39)41-26-15-10-22(11-16-26)18-19-37(21-23-8-13-25(14-9-23)32(33,34)35)29-17-12-24(20-36-29)27-6-4-5-7-28(27)40-3/h4-17,20H,18-19,21H2,1-3H3,(H,38,39). The number of carbonyl (C=O) groups is 1. The van der Waals surface area contributed by atoms with Gasteiger partial charge < -0.3 is 19.5 Å². The summed E-state index contributed by atoms with van der Waals surface area (Å²) in [6.07, 6.45) is -2.04. The number of carboxylic acids is 1. The van der Waals surface area contributed by atoms with Gasteiger partial charge in [-0.3, -0.25) is 0 Å². The molecular weight excluding hydrogens is 533 g/mol. The summed E-state index contributed by atoms with van der Waals surface area (Å²) in [6, 6.07) is 23.8. The van der Waals surface area contributed by atoms with E-state index in [1.807, 2.05) is 53.4 Å². The molecule has 1 N–H and O–H groups in total. The quantitative estimate of drug-likeness (QED) is 0.207. The number of alkyl halides is 3. The lowest BCUT2D eigenvalue weighted by Crippen LogP contribution is -2.37. The van der Waals surface area contributed by atoms with Gasteiger partial charge in [0.1, 0.15) is 17.3 Å². The third-order valence-electron chi connectivity index (χ3n) is 6.63. The normalized spacial score (nSPS) is 11.7. The SMILES string of the molecule is COc1ccccc1-c1ccc(N(CCc2ccc(OC(C)(C)C(=O)O)cc2)Cc2ccc(C(F)(F)F)cc2)nc1. The molecule has 0 aliphatic rings. The van der Waals surface area contributed by atoms with Crippen LogP contribution in [0.25, 0.3) is 11.1 Å². The molecule has 214 valence electrons. The van der Waals surface area contributed by atoms with Crippen molar-refractivity contribution < 1.29 is 32.5 Å². The van der Waals surface area contributed by atoms with E-state index >= 15 is 0 Å². The highest BCUT2D eigenvalue weighted by molar-refractivity contribution is 5.76. The smallest absolute Gasteiger partial charge is 0.416 e. The van der Waals surface area contributed by atoms with Crippen molar-refractivity contribution in [3.8, 4) is 22.6 Å². The first-order valence-electron chi connectivity index (χ1n) is 13.0. The van der Waals surface area contributed by atoms with Crippen LogP contribution in [0, 0.1) is 0 Å². The Bertz CT molecular complexity index is 1450. The summed E-state index contributed by atoms with van der Waals surface area (Å²) >= 11 is 0. The number of aromatic nitrogens is 1. The molecule has 0 unspecified atom stereocenters. The van der Waals surface area contributed by atoms with Crippen molar-refractivity contribution in [1.82, 2.24) is 4.98 Å². The first kappa shape index (κ1) is 29.5. The molecule has 0 radical (unpaired) electrons. The lowest BCUT2D eigenvalue weighted by Gasteiger charge is -2.25. The lowest BCUT2D eigenvalue weighted by atomic mass is 10.1. The number of ether oxygens (including phenoxy) is 2. The van der Waals surface area contributed by atoms with Crippen LogP contribution in [0.5, 0.6) is 11.5 Å². The average Bonchev–Trinajstić information content (AvgIpc) is 2.95. The van der Waals surface area contributed by atoms with Crippen molar-refractivity contribution in [2.24, 2.45) is 0 Å². The van der Waals surface area contributed by atoms with Gasteiger partial charge in [0.25, 0.3) is 0 Å². The molecule has 0 aliphatic carbocycles. The molecule has 6 nitrogen and oxygen atoms in total. The Morgan fingerprint density at radius 3 is 2.15 bits per heavy atom. The molecule has 1 aromatic heterocycles. The predicted molar refractivity (Wildman–Crippen MR) is 151 cm³/mol. The topological polar surface area (TPSA) is 71.9 Å². The number of anilines is 1. The molecule has 0 saturated heterocycles. The first-order valence-corrected chi connectivity index (χ1v) is 13.0. The molecule has 0 fully saturated rings. The number of hydrogen-bond donors (Lipinski definition) is 1. The maximum atomic E-state index is 13.1. The van der Waals surface area contributed by atoms with Gasteiger partial charge in [-0.2, -0.15) is 13.2 Å². The molecule has 0 bridgehead atoms. The number of rotatable bonds is 11. The van der Waals surface area contributed by atoms with E-state index in [4.69, 9.17) is 9.47 Å². The number of benzene rings is 3. The molecule has 0 amide bonds.